The first-order valence-corrected chi connectivity index (χ1v) is 15.4. The Morgan fingerprint density at radius 2 is 1.76 bits per heavy atom. The van der Waals surface area contributed by atoms with Crippen molar-refractivity contribution in [3.8, 4) is 0 Å². The molecule has 0 radical (unpaired) electrons. The van der Waals surface area contributed by atoms with E-state index in [1.54, 1.807) is 24.3 Å². The summed E-state index contributed by atoms with van der Waals surface area (Å²) in [6.45, 7) is 3.71. The van der Waals surface area contributed by atoms with Crippen LogP contribution in [-0.4, -0.2) is 68.0 Å². The molecule has 4 saturated carbocycles. The lowest BCUT2D eigenvalue weighted by Crippen LogP contribution is -2.61. The minimum absolute atomic E-state index is 0.0335. The number of aromatic nitrogens is 1. The fourth-order valence-electron chi connectivity index (χ4n) is 7.61. The van der Waals surface area contributed by atoms with Crippen LogP contribution in [0.2, 0.25) is 0 Å². The molecule has 4 bridgehead atoms. The van der Waals surface area contributed by atoms with Gasteiger partial charge in [0, 0.05) is 43.7 Å². The number of benzene rings is 1. The number of hydrogen-bond acceptors (Lipinski definition) is 7. The van der Waals surface area contributed by atoms with Crippen LogP contribution in [0.1, 0.15) is 49.5 Å². The van der Waals surface area contributed by atoms with E-state index < -0.39 is 21.3 Å². The van der Waals surface area contributed by atoms with Crippen LogP contribution in [0.5, 0.6) is 0 Å². The summed E-state index contributed by atoms with van der Waals surface area (Å²) in [4.78, 5) is 22.0. The summed E-state index contributed by atoms with van der Waals surface area (Å²) < 4.78 is 38.5. The van der Waals surface area contributed by atoms with Gasteiger partial charge in [0.15, 0.2) is 21.5 Å². The molecule has 38 heavy (non-hydrogen) atoms. The van der Waals surface area contributed by atoms with Gasteiger partial charge >= 0.3 is 0 Å². The van der Waals surface area contributed by atoms with Gasteiger partial charge in [-0.3, -0.25) is 4.79 Å². The first-order chi connectivity index (χ1) is 18.0. The highest BCUT2D eigenvalue weighted by Gasteiger charge is 2.55. The Hall–Kier alpha value is -2.72. The molecule has 1 aromatic carbocycles. The summed E-state index contributed by atoms with van der Waals surface area (Å²) >= 11 is 0. The number of rotatable bonds is 5. The van der Waals surface area contributed by atoms with Crippen molar-refractivity contribution in [2.75, 3.05) is 35.7 Å². The Balaban J connectivity index is 1.14. The Bertz CT molecular complexity index is 1340. The van der Waals surface area contributed by atoms with Gasteiger partial charge in [0.2, 0.25) is 0 Å². The standard InChI is InChI=1S/C28H35FN4O4S/c1-17-16-32(21-3-5-22(6-4-21)38(2,36)37)9-10-33(17)26-23(29)7-8-24(30-26)27(34)31-25-19-11-18-12-20(25)15-28(35,13-18)14-19/h3-8,17-20,25,35H,9-16H2,1-2H3,(H,31,34)/t17-,18?,19?,20?,25?,28?/m1/s1. The molecule has 2 heterocycles. The molecule has 2 aromatic rings. The highest BCUT2D eigenvalue weighted by Crippen LogP contribution is 2.55. The van der Waals surface area contributed by atoms with Crippen molar-refractivity contribution >= 4 is 27.2 Å². The summed E-state index contributed by atoms with van der Waals surface area (Å²) in [6.07, 6.45) is 5.65. The Labute approximate surface area is 223 Å². The van der Waals surface area contributed by atoms with Gasteiger partial charge in [-0.25, -0.2) is 17.8 Å². The highest BCUT2D eigenvalue weighted by atomic mass is 32.2. The molecule has 204 valence electrons. The predicted molar refractivity (Wildman–Crippen MR) is 143 cm³/mol. The van der Waals surface area contributed by atoms with E-state index in [0.29, 0.717) is 25.6 Å². The number of carbonyl (C=O) groups excluding carboxylic acids is 1. The van der Waals surface area contributed by atoms with E-state index in [2.05, 4.69) is 15.2 Å². The summed E-state index contributed by atoms with van der Waals surface area (Å²) in [5.41, 5.74) is 0.554. The van der Waals surface area contributed by atoms with E-state index >= 15 is 0 Å². The molecule has 10 heteroatoms. The number of hydrogen-bond donors (Lipinski definition) is 2. The van der Waals surface area contributed by atoms with Crippen molar-refractivity contribution in [1.82, 2.24) is 10.3 Å². The monoisotopic (exact) mass is 542 g/mol. The number of anilines is 2. The van der Waals surface area contributed by atoms with E-state index in [1.165, 1.54) is 18.4 Å². The fraction of sp³-hybridized carbons (Fsp3) is 0.571. The van der Waals surface area contributed by atoms with Gasteiger partial charge in [-0.05, 0) is 93.2 Å². The van der Waals surface area contributed by atoms with Crippen LogP contribution in [0.15, 0.2) is 41.3 Å². The topological polar surface area (TPSA) is 103 Å². The number of carbonyl (C=O) groups is 1. The maximum Gasteiger partial charge on any atom is 0.270 e. The van der Waals surface area contributed by atoms with Gasteiger partial charge in [0.1, 0.15) is 5.69 Å². The molecule has 0 spiro atoms. The summed E-state index contributed by atoms with van der Waals surface area (Å²) in [7, 11) is -3.26. The summed E-state index contributed by atoms with van der Waals surface area (Å²) in [6, 6.07) is 9.53. The lowest BCUT2D eigenvalue weighted by Gasteiger charge is -2.58. The number of sulfone groups is 1. The van der Waals surface area contributed by atoms with Gasteiger partial charge in [-0.2, -0.15) is 0 Å². The average Bonchev–Trinajstić information content (AvgIpc) is 2.85. The van der Waals surface area contributed by atoms with Gasteiger partial charge < -0.3 is 20.2 Å². The SMILES string of the molecule is C[C@@H]1CN(c2ccc(S(C)(=O)=O)cc2)CCN1c1nc(C(=O)NC2C3CC4CC2CC(O)(C4)C3)ccc1F. The van der Waals surface area contributed by atoms with Gasteiger partial charge in [0.25, 0.3) is 5.91 Å². The molecule has 2 N–H and O–H groups in total. The second kappa shape index (κ2) is 9.19. The molecule has 5 aliphatic rings. The largest absolute Gasteiger partial charge is 0.390 e. The number of piperazine rings is 1. The van der Waals surface area contributed by atoms with Gasteiger partial charge in [-0.1, -0.05) is 0 Å². The van der Waals surface area contributed by atoms with E-state index in [9.17, 15) is 22.7 Å². The molecule has 4 aliphatic carbocycles. The van der Waals surface area contributed by atoms with E-state index in [-0.39, 0.29) is 46.2 Å². The first-order valence-electron chi connectivity index (χ1n) is 13.5. The maximum atomic E-state index is 15.0. The Morgan fingerprint density at radius 1 is 1.08 bits per heavy atom. The van der Waals surface area contributed by atoms with Crippen molar-refractivity contribution in [3.05, 3.63) is 47.9 Å². The van der Waals surface area contributed by atoms with Crippen LogP contribution in [0.3, 0.4) is 0 Å². The summed E-state index contributed by atoms with van der Waals surface area (Å²) in [5.74, 6) is 0.559. The van der Waals surface area contributed by atoms with Crippen LogP contribution in [0.25, 0.3) is 0 Å². The molecule has 7 rings (SSSR count). The van der Waals surface area contributed by atoms with E-state index in [1.807, 2.05) is 11.8 Å². The number of amides is 1. The smallest absolute Gasteiger partial charge is 0.270 e. The number of aliphatic hydroxyl groups is 1. The molecule has 2 unspecified atom stereocenters. The summed E-state index contributed by atoms with van der Waals surface area (Å²) in [5, 5.41) is 14.0. The van der Waals surface area contributed by atoms with E-state index in [4.69, 9.17) is 0 Å². The Kier molecular flexibility index (Phi) is 6.18. The van der Waals surface area contributed by atoms with Crippen LogP contribution in [0.4, 0.5) is 15.9 Å². The lowest BCUT2D eigenvalue weighted by atomic mass is 9.52. The maximum absolute atomic E-state index is 15.0. The zero-order chi connectivity index (χ0) is 26.8. The molecular formula is C28H35FN4O4S. The quantitative estimate of drug-likeness (QED) is 0.599. The van der Waals surface area contributed by atoms with Crippen LogP contribution in [0, 0.1) is 23.6 Å². The molecule has 3 atom stereocenters. The minimum Gasteiger partial charge on any atom is -0.390 e. The molecule has 1 aliphatic heterocycles. The molecule has 8 nitrogen and oxygen atoms in total. The third kappa shape index (κ3) is 4.66. The predicted octanol–water partition coefficient (Wildman–Crippen LogP) is 3.01. The number of nitrogens with one attached hydrogen (secondary N) is 1. The second-order valence-electron chi connectivity index (χ2n) is 11.9. The minimum atomic E-state index is -3.26. The van der Waals surface area contributed by atoms with Crippen LogP contribution >= 0.6 is 0 Å². The van der Waals surface area contributed by atoms with Crippen LogP contribution < -0.4 is 15.1 Å². The number of pyridine rings is 1. The molecule has 5 fully saturated rings. The zero-order valence-corrected chi connectivity index (χ0v) is 22.6. The zero-order valence-electron chi connectivity index (χ0n) is 21.8. The molecule has 1 saturated heterocycles. The fourth-order valence-corrected chi connectivity index (χ4v) is 8.24. The molecule has 1 aromatic heterocycles. The second-order valence-corrected chi connectivity index (χ2v) is 14.0. The Morgan fingerprint density at radius 3 is 2.37 bits per heavy atom. The van der Waals surface area contributed by atoms with Crippen molar-refractivity contribution in [3.63, 3.8) is 0 Å². The van der Waals surface area contributed by atoms with Gasteiger partial charge in [-0.15, -0.1) is 0 Å². The lowest BCUT2D eigenvalue weighted by molar-refractivity contribution is -0.136. The van der Waals surface area contributed by atoms with Crippen molar-refractivity contribution in [2.45, 2.75) is 61.6 Å². The highest BCUT2D eigenvalue weighted by molar-refractivity contribution is 7.90. The third-order valence-corrected chi connectivity index (χ3v) is 10.3. The van der Waals surface area contributed by atoms with Crippen molar-refractivity contribution in [2.24, 2.45) is 17.8 Å². The average molecular weight is 543 g/mol. The van der Waals surface area contributed by atoms with Gasteiger partial charge in [0.05, 0.1) is 10.5 Å². The van der Waals surface area contributed by atoms with Crippen molar-refractivity contribution < 1.29 is 22.7 Å². The molecule has 1 amide bonds. The first kappa shape index (κ1) is 25.6. The number of halogens is 1. The third-order valence-electron chi connectivity index (χ3n) is 9.13. The van der Waals surface area contributed by atoms with Crippen molar-refractivity contribution in [1.29, 1.82) is 0 Å². The van der Waals surface area contributed by atoms with E-state index in [0.717, 1.165) is 37.8 Å². The molecular weight excluding hydrogens is 507 g/mol. The normalized spacial score (nSPS) is 32.5. The van der Waals surface area contributed by atoms with Crippen LogP contribution in [-0.2, 0) is 9.84 Å². The number of nitrogens with zero attached hydrogens (tertiary/aromatic N) is 3.